The van der Waals surface area contributed by atoms with Crippen LogP contribution >= 0.6 is 46.3 Å². The van der Waals surface area contributed by atoms with Gasteiger partial charge < -0.3 is 10.6 Å². The first-order valence-corrected chi connectivity index (χ1v) is 13.7. The number of thiazole rings is 1. The van der Waals surface area contributed by atoms with Gasteiger partial charge in [0, 0.05) is 31.6 Å². The van der Waals surface area contributed by atoms with Crippen molar-refractivity contribution < 1.29 is 9.59 Å². The van der Waals surface area contributed by atoms with E-state index in [2.05, 4.69) is 15.6 Å². The number of benzene rings is 3. The Balaban J connectivity index is 1.36. The van der Waals surface area contributed by atoms with E-state index >= 15 is 0 Å². The summed E-state index contributed by atoms with van der Waals surface area (Å²) in [5, 5.41) is 9.18. The van der Waals surface area contributed by atoms with Crippen LogP contribution in [0, 0.1) is 0 Å². The summed E-state index contributed by atoms with van der Waals surface area (Å²) in [6.07, 6.45) is 0.880. The molecule has 1 heterocycles. The van der Waals surface area contributed by atoms with Crippen LogP contribution in [0.1, 0.15) is 18.9 Å². The van der Waals surface area contributed by atoms with E-state index in [0.717, 1.165) is 21.7 Å². The number of hydrogen-bond acceptors (Lipinski definition) is 5. The third-order valence-corrected chi connectivity index (χ3v) is 7.92. The maximum absolute atomic E-state index is 13.0. The van der Waals surface area contributed by atoms with Crippen LogP contribution in [0.25, 0.3) is 11.3 Å². The van der Waals surface area contributed by atoms with Gasteiger partial charge in [-0.25, -0.2) is 4.98 Å². The van der Waals surface area contributed by atoms with Crippen LogP contribution in [0.2, 0.25) is 10.0 Å². The first-order chi connectivity index (χ1) is 17.4. The van der Waals surface area contributed by atoms with Crippen molar-refractivity contribution in [3.8, 4) is 11.3 Å². The zero-order valence-corrected chi connectivity index (χ0v) is 22.5. The molecule has 4 rings (SSSR count). The van der Waals surface area contributed by atoms with Crippen molar-refractivity contribution >= 4 is 68.9 Å². The van der Waals surface area contributed by atoms with Gasteiger partial charge in [-0.05, 0) is 48.4 Å². The van der Waals surface area contributed by atoms with Gasteiger partial charge in [-0.15, -0.1) is 23.1 Å². The Labute approximate surface area is 228 Å². The van der Waals surface area contributed by atoms with E-state index in [1.54, 1.807) is 12.1 Å². The lowest BCUT2D eigenvalue weighted by Gasteiger charge is -2.14. The largest absolute Gasteiger partial charge is 0.326 e. The van der Waals surface area contributed by atoms with Crippen LogP contribution < -0.4 is 10.6 Å². The monoisotopic (exact) mass is 555 g/mol. The van der Waals surface area contributed by atoms with Crippen LogP contribution in [0.3, 0.4) is 0 Å². The number of halogens is 2. The number of carbonyl (C=O) groups is 2. The van der Waals surface area contributed by atoms with Crippen molar-refractivity contribution in [1.82, 2.24) is 4.98 Å². The molecule has 0 bridgehead atoms. The third kappa shape index (κ3) is 7.11. The molecule has 0 saturated carbocycles. The second kappa shape index (κ2) is 12.4. The van der Waals surface area contributed by atoms with Crippen molar-refractivity contribution in [3.63, 3.8) is 0 Å². The second-order valence-electron chi connectivity index (χ2n) is 7.90. The topological polar surface area (TPSA) is 71.1 Å². The molecule has 1 aromatic heterocycles. The lowest BCUT2D eigenvalue weighted by Crippen LogP contribution is -2.24. The van der Waals surface area contributed by atoms with E-state index in [0.29, 0.717) is 27.3 Å². The van der Waals surface area contributed by atoms with Gasteiger partial charge in [0.15, 0.2) is 5.13 Å². The van der Waals surface area contributed by atoms with Gasteiger partial charge in [0.2, 0.25) is 11.8 Å². The standard InChI is InChI=1S/C27H23Cl2N3O2S2/c1-2-24(26(34)32-27-31-23(16-35-27)21-8-3-4-9-22(21)29)36-20-7-5-6-19(15-20)30-25(33)14-17-10-12-18(28)13-11-17/h3-13,15-16,24H,2,14H2,1H3,(H,30,33)(H,31,32,34). The summed E-state index contributed by atoms with van der Waals surface area (Å²) in [4.78, 5) is 30.9. The van der Waals surface area contributed by atoms with Crippen molar-refractivity contribution in [2.75, 3.05) is 10.6 Å². The molecule has 3 aromatic carbocycles. The zero-order chi connectivity index (χ0) is 25.5. The Bertz CT molecular complexity index is 1360. The number of thioether (sulfide) groups is 1. The smallest absolute Gasteiger partial charge is 0.239 e. The van der Waals surface area contributed by atoms with Gasteiger partial charge in [-0.2, -0.15) is 0 Å². The average Bonchev–Trinajstić information content (AvgIpc) is 3.32. The summed E-state index contributed by atoms with van der Waals surface area (Å²) in [7, 11) is 0. The molecule has 0 radical (unpaired) electrons. The molecule has 5 nitrogen and oxygen atoms in total. The second-order valence-corrected chi connectivity index (χ2v) is 10.9. The molecule has 0 aliphatic carbocycles. The molecular formula is C27H23Cl2N3O2S2. The molecule has 2 N–H and O–H groups in total. The number of nitrogens with zero attached hydrogens (tertiary/aromatic N) is 1. The summed E-state index contributed by atoms with van der Waals surface area (Å²) >= 11 is 15.0. The fourth-order valence-electron chi connectivity index (χ4n) is 3.44. The van der Waals surface area contributed by atoms with Gasteiger partial charge in [0.05, 0.1) is 17.4 Å². The molecule has 0 spiro atoms. The summed E-state index contributed by atoms with van der Waals surface area (Å²) in [6, 6.07) is 22.2. The minimum atomic E-state index is -0.322. The average molecular weight is 557 g/mol. The van der Waals surface area contributed by atoms with Crippen LogP contribution in [-0.4, -0.2) is 22.0 Å². The highest BCUT2D eigenvalue weighted by Gasteiger charge is 2.20. The fraction of sp³-hybridized carbons (Fsp3) is 0.148. The normalized spacial score (nSPS) is 11.6. The number of rotatable bonds is 9. The van der Waals surface area contributed by atoms with Gasteiger partial charge in [-0.3, -0.25) is 9.59 Å². The van der Waals surface area contributed by atoms with Crippen LogP contribution in [0.5, 0.6) is 0 Å². The third-order valence-electron chi connectivity index (χ3n) is 5.22. The molecule has 1 atom stereocenters. The van der Waals surface area contributed by atoms with E-state index in [1.165, 1.54) is 23.1 Å². The van der Waals surface area contributed by atoms with E-state index < -0.39 is 0 Å². The molecule has 36 heavy (non-hydrogen) atoms. The number of carbonyl (C=O) groups excluding carboxylic acids is 2. The number of anilines is 2. The minimum absolute atomic E-state index is 0.123. The minimum Gasteiger partial charge on any atom is -0.326 e. The highest BCUT2D eigenvalue weighted by molar-refractivity contribution is 8.00. The molecule has 1 unspecified atom stereocenters. The highest BCUT2D eigenvalue weighted by atomic mass is 35.5. The van der Waals surface area contributed by atoms with Crippen molar-refractivity contribution in [2.24, 2.45) is 0 Å². The molecule has 0 saturated heterocycles. The molecule has 9 heteroatoms. The van der Waals surface area contributed by atoms with E-state index in [-0.39, 0.29) is 23.5 Å². The zero-order valence-electron chi connectivity index (χ0n) is 19.3. The fourth-order valence-corrected chi connectivity index (χ4v) is 5.52. The maximum Gasteiger partial charge on any atom is 0.239 e. The Morgan fingerprint density at radius 3 is 2.53 bits per heavy atom. The van der Waals surface area contributed by atoms with E-state index in [9.17, 15) is 9.59 Å². The quantitative estimate of drug-likeness (QED) is 0.206. The number of nitrogens with one attached hydrogen (secondary N) is 2. The molecule has 4 aromatic rings. The molecule has 184 valence electrons. The summed E-state index contributed by atoms with van der Waals surface area (Å²) in [5.41, 5.74) is 3.11. The van der Waals surface area contributed by atoms with Gasteiger partial charge >= 0.3 is 0 Å². The van der Waals surface area contributed by atoms with Crippen molar-refractivity contribution in [1.29, 1.82) is 0 Å². The van der Waals surface area contributed by atoms with E-state index in [4.69, 9.17) is 23.2 Å². The Kier molecular flexibility index (Phi) is 9.04. The molecule has 0 aliphatic rings. The number of aromatic nitrogens is 1. The van der Waals surface area contributed by atoms with Gasteiger partial charge in [-0.1, -0.05) is 66.5 Å². The highest BCUT2D eigenvalue weighted by Crippen LogP contribution is 2.32. The number of amides is 2. The summed E-state index contributed by atoms with van der Waals surface area (Å²) in [6.45, 7) is 1.96. The van der Waals surface area contributed by atoms with Crippen LogP contribution in [0.15, 0.2) is 83.1 Å². The summed E-state index contributed by atoms with van der Waals surface area (Å²) < 4.78 is 0. The van der Waals surface area contributed by atoms with Crippen molar-refractivity contribution in [3.05, 3.63) is 93.8 Å². The lowest BCUT2D eigenvalue weighted by molar-refractivity contribution is -0.116. The van der Waals surface area contributed by atoms with Gasteiger partial charge in [0.1, 0.15) is 0 Å². The van der Waals surface area contributed by atoms with Gasteiger partial charge in [0.25, 0.3) is 0 Å². The Morgan fingerprint density at radius 1 is 1.00 bits per heavy atom. The predicted molar refractivity (Wildman–Crippen MR) is 151 cm³/mol. The molecule has 0 fully saturated rings. The first kappa shape index (κ1) is 26.2. The van der Waals surface area contributed by atoms with Crippen molar-refractivity contribution in [2.45, 2.75) is 29.9 Å². The molecular weight excluding hydrogens is 533 g/mol. The Hall–Kier alpha value is -2.84. The van der Waals surface area contributed by atoms with Crippen LogP contribution in [-0.2, 0) is 16.0 Å². The predicted octanol–water partition coefficient (Wildman–Crippen LogP) is 7.81. The summed E-state index contributed by atoms with van der Waals surface area (Å²) in [5.74, 6) is -0.248. The molecule has 2 amide bonds. The molecule has 0 aliphatic heterocycles. The SMILES string of the molecule is CCC(Sc1cccc(NC(=O)Cc2ccc(Cl)cc2)c1)C(=O)Nc1nc(-c2ccccc2Cl)cs1. The van der Waals surface area contributed by atoms with Crippen LogP contribution in [0.4, 0.5) is 10.8 Å². The lowest BCUT2D eigenvalue weighted by atomic mass is 10.1. The maximum atomic E-state index is 13.0. The first-order valence-electron chi connectivity index (χ1n) is 11.2. The Morgan fingerprint density at radius 2 is 1.78 bits per heavy atom. The number of hydrogen-bond donors (Lipinski definition) is 2. The van der Waals surface area contributed by atoms with E-state index in [1.807, 2.05) is 73.0 Å².